The van der Waals surface area contributed by atoms with E-state index in [4.69, 9.17) is 4.98 Å². The van der Waals surface area contributed by atoms with E-state index in [0.717, 1.165) is 26.2 Å². The third-order valence-corrected chi connectivity index (χ3v) is 5.52. The molecule has 1 aliphatic heterocycles. The summed E-state index contributed by atoms with van der Waals surface area (Å²) < 4.78 is 4.32. The number of hydrogen-bond acceptors (Lipinski definition) is 4. The molecule has 0 spiro atoms. The average molecular weight is 327 g/mol. The molecule has 6 heteroatoms. The number of aryl methyl sites for hydroxylation is 1. The van der Waals surface area contributed by atoms with Gasteiger partial charge in [0.05, 0.1) is 24.5 Å². The lowest BCUT2D eigenvalue weighted by molar-refractivity contribution is 0.156. The maximum atomic E-state index is 4.70. The Bertz CT molecular complexity index is 786. The Kier molecular flexibility index (Phi) is 3.79. The summed E-state index contributed by atoms with van der Waals surface area (Å²) in [6, 6.07) is 6.76. The van der Waals surface area contributed by atoms with Crippen molar-refractivity contribution < 1.29 is 0 Å². The van der Waals surface area contributed by atoms with Crippen LogP contribution in [0.25, 0.3) is 0 Å². The van der Waals surface area contributed by atoms with Crippen LogP contribution in [0.15, 0.2) is 36.8 Å². The van der Waals surface area contributed by atoms with Gasteiger partial charge in [0.15, 0.2) is 0 Å². The lowest BCUT2D eigenvalue weighted by atomic mass is 10.2. The zero-order valence-corrected chi connectivity index (χ0v) is 14.3. The van der Waals surface area contributed by atoms with Gasteiger partial charge in [0, 0.05) is 41.8 Å². The van der Waals surface area contributed by atoms with E-state index >= 15 is 0 Å². The van der Waals surface area contributed by atoms with Crippen molar-refractivity contribution in [1.29, 1.82) is 0 Å². The molecule has 1 atom stereocenters. The van der Waals surface area contributed by atoms with Crippen LogP contribution in [0.3, 0.4) is 0 Å². The Labute approximate surface area is 140 Å². The minimum atomic E-state index is 0.345. The minimum absolute atomic E-state index is 0.345. The largest absolute Gasteiger partial charge is 0.328 e. The molecule has 4 heterocycles. The Morgan fingerprint density at radius 2 is 2.17 bits per heavy atom. The zero-order chi connectivity index (χ0) is 15.8. The van der Waals surface area contributed by atoms with Crippen LogP contribution >= 0.6 is 11.3 Å². The monoisotopic (exact) mass is 327 g/mol. The molecule has 0 saturated carbocycles. The van der Waals surface area contributed by atoms with Gasteiger partial charge in [-0.3, -0.25) is 9.58 Å². The van der Waals surface area contributed by atoms with Crippen molar-refractivity contribution in [2.75, 3.05) is 6.54 Å². The van der Waals surface area contributed by atoms with Gasteiger partial charge < -0.3 is 4.57 Å². The van der Waals surface area contributed by atoms with Gasteiger partial charge in [0.2, 0.25) is 0 Å². The summed E-state index contributed by atoms with van der Waals surface area (Å²) in [5.41, 5.74) is 1.24. The molecule has 0 fully saturated rings. The molecule has 0 radical (unpaired) electrons. The highest BCUT2D eigenvalue weighted by atomic mass is 32.1. The van der Waals surface area contributed by atoms with Crippen molar-refractivity contribution in [2.45, 2.75) is 39.5 Å². The first-order valence-electron chi connectivity index (χ1n) is 8.02. The van der Waals surface area contributed by atoms with Crippen molar-refractivity contribution in [2.24, 2.45) is 0 Å². The van der Waals surface area contributed by atoms with E-state index in [9.17, 15) is 0 Å². The molecule has 3 aromatic rings. The number of nitrogens with zero attached hydrogens (tertiary/aromatic N) is 5. The summed E-state index contributed by atoms with van der Waals surface area (Å²) in [7, 11) is 0. The smallest absolute Gasteiger partial charge is 0.126 e. The maximum absolute atomic E-state index is 4.70. The van der Waals surface area contributed by atoms with E-state index < -0.39 is 0 Å². The van der Waals surface area contributed by atoms with E-state index in [1.54, 1.807) is 0 Å². The van der Waals surface area contributed by atoms with Crippen molar-refractivity contribution in [3.05, 3.63) is 58.1 Å². The summed E-state index contributed by atoms with van der Waals surface area (Å²) >= 11 is 1.89. The fraction of sp³-hybridized carbons (Fsp3) is 0.412. The summed E-state index contributed by atoms with van der Waals surface area (Å²) in [6.45, 7) is 8.30. The summed E-state index contributed by atoms with van der Waals surface area (Å²) in [6.07, 6.45) is 5.82. The maximum Gasteiger partial charge on any atom is 0.126 e. The summed E-state index contributed by atoms with van der Waals surface area (Å²) in [4.78, 5) is 10.0. The predicted molar refractivity (Wildman–Crippen MR) is 91.4 cm³/mol. The van der Waals surface area contributed by atoms with Crippen LogP contribution < -0.4 is 0 Å². The third-order valence-electron chi connectivity index (χ3n) is 4.54. The Hall–Kier alpha value is -1.92. The van der Waals surface area contributed by atoms with E-state index in [-0.39, 0.29) is 0 Å². The summed E-state index contributed by atoms with van der Waals surface area (Å²) in [5.74, 6) is 1.17. The van der Waals surface area contributed by atoms with Crippen molar-refractivity contribution >= 4 is 11.3 Å². The van der Waals surface area contributed by atoms with Gasteiger partial charge in [0.1, 0.15) is 5.82 Å². The van der Waals surface area contributed by atoms with Crippen LogP contribution in [0.1, 0.15) is 34.2 Å². The van der Waals surface area contributed by atoms with Gasteiger partial charge in [-0.2, -0.15) is 5.10 Å². The van der Waals surface area contributed by atoms with Gasteiger partial charge in [-0.15, -0.1) is 11.3 Å². The lowest BCUT2D eigenvalue weighted by Gasteiger charge is -2.34. The van der Waals surface area contributed by atoms with E-state index in [1.807, 2.05) is 40.7 Å². The molecule has 5 nitrogen and oxygen atoms in total. The van der Waals surface area contributed by atoms with Crippen LogP contribution in [-0.4, -0.2) is 30.8 Å². The molecular weight excluding hydrogens is 306 g/mol. The molecule has 0 unspecified atom stereocenters. The van der Waals surface area contributed by atoms with Gasteiger partial charge in [0.25, 0.3) is 0 Å². The number of aromatic nitrogens is 4. The van der Waals surface area contributed by atoms with E-state index in [2.05, 4.69) is 40.5 Å². The zero-order valence-electron chi connectivity index (χ0n) is 13.5. The van der Waals surface area contributed by atoms with E-state index in [1.165, 1.54) is 21.3 Å². The molecular formula is C17H21N5S. The minimum Gasteiger partial charge on any atom is -0.328 e. The molecule has 0 saturated heterocycles. The molecule has 23 heavy (non-hydrogen) atoms. The number of thiophene rings is 1. The van der Waals surface area contributed by atoms with Gasteiger partial charge in [-0.1, -0.05) is 0 Å². The van der Waals surface area contributed by atoms with Gasteiger partial charge >= 0.3 is 0 Å². The molecule has 0 N–H and O–H groups in total. The number of rotatable bonds is 4. The highest BCUT2D eigenvalue weighted by Crippen LogP contribution is 2.28. The molecule has 0 amide bonds. The summed E-state index contributed by atoms with van der Waals surface area (Å²) in [5, 5.41) is 4.30. The Balaban J connectivity index is 1.53. The van der Waals surface area contributed by atoms with Gasteiger partial charge in [-0.05, 0) is 32.0 Å². The van der Waals surface area contributed by atoms with Crippen molar-refractivity contribution in [1.82, 2.24) is 24.2 Å². The van der Waals surface area contributed by atoms with Crippen LogP contribution in [0.4, 0.5) is 0 Å². The second-order valence-electron chi connectivity index (χ2n) is 6.12. The average Bonchev–Trinajstić information content (AvgIpc) is 3.25. The SMILES string of the molecule is Cc1ccc(CN2CCn3c(Cn4cccn4)cnc3[C@H]2C)s1. The number of hydrogen-bond donors (Lipinski definition) is 0. The highest BCUT2D eigenvalue weighted by molar-refractivity contribution is 7.11. The fourth-order valence-corrected chi connectivity index (χ4v) is 4.19. The molecule has 0 bridgehead atoms. The topological polar surface area (TPSA) is 38.9 Å². The molecule has 0 aliphatic carbocycles. The van der Waals surface area contributed by atoms with Gasteiger partial charge in [-0.25, -0.2) is 4.98 Å². The normalized spacial score (nSPS) is 18.3. The number of imidazole rings is 1. The Morgan fingerprint density at radius 3 is 2.91 bits per heavy atom. The van der Waals surface area contributed by atoms with Crippen LogP contribution in [0, 0.1) is 6.92 Å². The lowest BCUT2D eigenvalue weighted by Crippen LogP contribution is -2.37. The first-order chi connectivity index (χ1) is 11.2. The first kappa shape index (κ1) is 14.7. The van der Waals surface area contributed by atoms with E-state index in [0.29, 0.717) is 6.04 Å². The third kappa shape index (κ3) is 2.84. The van der Waals surface area contributed by atoms with Crippen LogP contribution in [0.5, 0.6) is 0 Å². The molecule has 1 aliphatic rings. The van der Waals surface area contributed by atoms with Crippen molar-refractivity contribution in [3.8, 4) is 0 Å². The second-order valence-corrected chi connectivity index (χ2v) is 7.49. The Morgan fingerprint density at radius 1 is 1.26 bits per heavy atom. The first-order valence-corrected chi connectivity index (χ1v) is 8.83. The molecule has 0 aromatic carbocycles. The highest BCUT2D eigenvalue weighted by Gasteiger charge is 2.27. The molecule has 120 valence electrons. The quantitative estimate of drug-likeness (QED) is 0.739. The molecule has 4 rings (SSSR count). The fourth-order valence-electron chi connectivity index (χ4n) is 3.28. The second kappa shape index (κ2) is 5.94. The van der Waals surface area contributed by atoms with Crippen LogP contribution in [0.2, 0.25) is 0 Å². The number of fused-ring (bicyclic) bond motifs is 1. The molecule has 3 aromatic heterocycles. The predicted octanol–water partition coefficient (Wildman–Crippen LogP) is 3.07. The van der Waals surface area contributed by atoms with Crippen molar-refractivity contribution in [3.63, 3.8) is 0 Å². The van der Waals surface area contributed by atoms with Crippen LogP contribution in [-0.2, 0) is 19.6 Å². The standard InChI is InChI=1S/C17H21N5S/c1-13-4-5-16(23-13)12-20-8-9-22-15(10-18-17(22)14(20)2)11-21-7-3-6-19-21/h3-7,10,14H,8-9,11-12H2,1-2H3/t14-/m1/s1.